The molecule has 3 heteroatoms. The highest BCUT2D eigenvalue weighted by Crippen LogP contribution is 2.28. The molecule has 96 valence electrons. The van der Waals surface area contributed by atoms with Gasteiger partial charge in [0.05, 0.1) is 18.4 Å². The normalized spacial score (nSPS) is 21.6. The summed E-state index contributed by atoms with van der Waals surface area (Å²) in [5, 5.41) is 9.43. The molecule has 0 bridgehead atoms. The zero-order valence-electron chi connectivity index (χ0n) is 10.3. The van der Waals surface area contributed by atoms with Crippen LogP contribution in [0.3, 0.4) is 0 Å². The van der Waals surface area contributed by atoms with Crippen molar-refractivity contribution in [1.29, 1.82) is 0 Å². The SMILES string of the molecule is O=C1CCCCC1C(=O)C(CO)c1ccccc1. The standard InChI is InChI=1S/C15H18O3/c16-10-13(11-6-2-1-3-7-11)15(18)12-8-4-5-9-14(12)17/h1-3,6-7,12-13,16H,4-5,8-10H2. The van der Waals surface area contributed by atoms with E-state index in [-0.39, 0.29) is 18.2 Å². The Morgan fingerprint density at radius 3 is 2.61 bits per heavy atom. The van der Waals surface area contributed by atoms with Gasteiger partial charge in [-0.3, -0.25) is 9.59 Å². The van der Waals surface area contributed by atoms with Gasteiger partial charge in [0.15, 0.2) is 5.78 Å². The van der Waals surface area contributed by atoms with Gasteiger partial charge in [0.2, 0.25) is 0 Å². The van der Waals surface area contributed by atoms with Crippen molar-refractivity contribution in [2.45, 2.75) is 31.6 Å². The number of carbonyl (C=O) groups excluding carboxylic acids is 2. The molecule has 1 aromatic rings. The van der Waals surface area contributed by atoms with Crippen LogP contribution in [0.4, 0.5) is 0 Å². The number of aliphatic hydroxyl groups excluding tert-OH is 1. The molecule has 1 fully saturated rings. The number of rotatable bonds is 4. The highest BCUT2D eigenvalue weighted by atomic mass is 16.3. The molecule has 1 saturated carbocycles. The molecule has 2 atom stereocenters. The van der Waals surface area contributed by atoms with Crippen molar-refractivity contribution in [3.63, 3.8) is 0 Å². The van der Waals surface area contributed by atoms with Crippen LogP contribution < -0.4 is 0 Å². The second-order valence-corrected chi connectivity index (χ2v) is 4.81. The van der Waals surface area contributed by atoms with E-state index in [1.54, 1.807) is 0 Å². The largest absolute Gasteiger partial charge is 0.395 e. The fourth-order valence-electron chi connectivity index (χ4n) is 2.57. The van der Waals surface area contributed by atoms with E-state index >= 15 is 0 Å². The van der Waals surface area contributed by atoms with Crippen molar-refractivity contribution < 1.29 is 14.7 Å². The lowest BCUT2D eigenvalue weighted by atomic mass is 9.79. The van der Waals surface area contributed by atoms with Crippen LogP contribution in [0.25, 0.3) is 0 Å². The second kappa shape index (κ2) is 5.91. The Balaban J connectivity index is 2.17. The van der Waals surface area contributed by atoms with Gasteiger partial charge in [-0.15, -0.1) is 0 Å². The van der Waals surface area contributed by atoms with E-state index in [4.69, 9.17) is 0 Å². The van der Waals surface area contributed by atoms with Crippen molar-refractivity contribution in [3.8, 4) is 0 Å². The van der Waals surface area contributed by atoms with Gasteiger partial charge in [0.25, 0.3) is 0 Å². The Morgan fingerprint density at radius 1 is 1.28 bits per heavy atom. The monoisotopic (exact) mass is 246 g/mol. The van der Waals surface area contributed by atoms with Crippen LogP contribution in [0.1, 0.15) is 37.2 Å². The summed E-state index contributed by atoms with van der Waals surface area (Å²) in [5.41, 5.74) is 0.795. The Bertz CT molecular complexity index is 425. The molecule has 0 heterocycles. The third-order valence-corrected chi connectivity index (χ3v) is 3.63. The van der Waals surface area contributed by atoms with Crippen LogP contribution in [0.15, 0.2) is 30.3 Å². The van der Waals surface area contributed by atoms with Crippen LogP contribution in [0.2, 0.25) is 0 Å². The smallest absolute Gasteiger partial charge is 0.153 e. The number of hydrogen-bond donors (Lipinski definition) is 1. The zero-order valence-corrected chi connectivity index (χ0v) is 10.3. The quantitative estimate of drug-likeness (QED) is 0.828. The van der Waals surface area contributed by atoms with E-state index in [1.807, 2.05) is 30.3 Å². The molecular weight excluding hydrogens is 228 g/mol. The molecule has 1 N–H and O–H groups in total. The average molecular weight is 246 g/mol. The van der Waals surface area contributed by atoms with Crippen molar-refractivity contribution in [1.82, 2.24) is 0 Å². The molecule has 0 amide bonds. The van der Waals surface area contributed by atoms with Crippen LogP contribution in [-0.2, 0) is 9.59 Å². The Kier molecular flexibility index (Phi) is 4.26. The van der Waals surface area contributed by atoms with E-state index < -0.39 is 11.8 Å². The molecule has 1 aliphatic carbocycles. The lowest BCUT2D eigenvalue weighted by molar-refractivity contribution is -0.135. The van der Waals surface area contributed by atoms with Gasteiger partial charge in [0, 0.05) is 6.42 Å². The number of Topliss-reactive ketones (excluding diaryl/α,β-unsaturated/α-hetero) is 2. The molecule has 1 aliphatic rings. The molecule has 0 aliphatic heterocycles. The van der Waals surface area contributed by atoms with Crippen molar-refractivity contribution >= 4 is 11.6 Å². The summed E-state index contributed by atoms with van der Waals surface area (Å²) in [5.74, 6) is -1.14. The number of ketones is 2. The molecular formula is C15H18O3. The summed E-state index contributed by atoms with van der Waals surface area (Å²) in [6, 6.07) is 9.20. The van der Waals surface area contributed by atoms with Gasteiger partial charge in [0.1, 0.15) is 5.78 Å². The molecule has 3 nitrogen and oxygen atoms in total. The van der Waals surface area contributed by atoms with Gasteiger partial charge in [-0.1, -0.05) is 36.8 Å². The Labute approximate surface area is 107 Å². The minimum absolute atomic E-state index is 0.0423. The third kappa shape index (κ3) is 2.67. The van der Waals surface area contributed by atoms with Crippen LogP contribution in [-0.4, -0.2) is 23.3 Å². The van der Waals surface area contributed by atoms with E-state index in [0.717, 1.165) is 18.4 Å². The van der Waals surface area contributed by atoms with Crippen molar-refractivity contribution in [3.05, 3.63) is 35.9 Å². The predicted molar refractivity (Wildman–Crippen MR) is 68.2 cm³/mol. The minimum Gasteiger partial charge on any atom is -0.395 e. The van der Waals surface area contributed by atoms with Gasteiger partial charge in [-0.25, -0.2) is 0 Å². The van der Waals surface area contributed by atoms with E-state index in [9.17, 15) is 14.7 Å². The summed E-state index contributed by atoms with van der Waals surface area (Å²) >= 11 is 0. The summed E-state index contributed by atoms with van der Waals surface area (Å²) < 4.78 is 0. The Hall–Kier alpha value is -1.48. The predicted octanol–water partition coefficient (Wildman–Crippen LogP) is 2.09. The molecule has 2 unspecified atom stereocenters. The lowest BCUT2D eigenvalue weighted by Gasteiger charge is -2.23. The molecule has 2 rings (SSSR count). The van der Waals surface area contributed by atoms with Crippen molar-refractivity contribution in [2.24, 2.45) is 5.92 Å². The third-order valence-electron chi connectivity index (χ3n) is 3.63. The van der Waals surface area contributed by atoms with Gasteiger partial charge < -0.3 is 5.11 Å². The zero-order chi connectivity index (χ0) is 13.0. The molecule has 0 saturated heterocycles. The summed E-state index contributed by atoms with van der Waals surface area (Å²) in [6.45, 7) is -0.230. The molecule has 1 aromatic carbocycles. The first-order valence-corrected chi connectivity index (χ1v) is 6.46. The van der Waals surface area contributed by atoms with Crippen LogP contribution >= 0.6 is 0 Å². The minimum atomic E-state index is -0.557. The maximum Gasteiger partial charge on any atom is 0.153 e. The number of hydrogen-bond acceptors (Lipinski definition) is 3. The fraction of sp³-hybridized carbons (Fsp3) is 0.467. The molecule has 0 radical (unpaired) electrons. The first kappa shape index (κ1) is 13.0. The molecule has 0 spiro atoms. The highest BCUT2D eigenvalue weighted by Gasteiger charge is 2.33. The highest BCUT2D eigenvalue weighted by molar-refractivity contribution is 6.05. The topological polar surface area (TPSA) is 54.4 Å². The molecule has 0 aromatic heterocycles. The molecule has 18 heavy (non-hydrogen) atoms. The van der Waals surface area contributed by atoms with Gasteiger partial charge >= 0.3 is 0 Å². The van der Waals surface area contributed by atoms with Crippen LogP contribution in [0.5, 0.6) is 0 Å². The van der Waals surface area contributed by atoms with E-state index in [2.05, 4.69) is 0 Å². The number of carbonyl (C=O) groups is 2. The van der Waals surface area contributed by atoms with E-state index in [1.165, 1.54) is 0 Å². The van der Waals surface area contributed by atoms with E-state index in [0.29, 0.717) is 12.8 Å². The second-order valence-electron chi connectivity index (χ2n) is 4.81. The number of benzene rings is 1. The summed E-state index contributed by atoms with van der Waals surface area (Å²) in [4.78, 5) is 24.1. The van der Waals surface area contributed by atoms with Gasteiger partial charge in [-0.2, -0.15) is 0 Å². The first-order valence-electron chi connectivity index (χ1n) is 6.46. The number of aliphatic hydroxyl groups is 1. The lowest BCUT2D eigenvalue weighted by Crippen LogP contribution is -2.32. The average Bonchev–Trinajstić information content (AvgIpc) is 2.41. The Morgan fingerprint density at radius 2 is 2.00 bits per heavy atom. The van der Waals surface area contributed by atoms with Crippen LogP contribution in [0, 0.1) is 5.92 Å². The van der Waals surface area contributed by atoms with Gasteiger partial charge in [-0.05, 0) is 18.4 Å². The fourth-order valence-corrected chi connectivity index (χ4v) is 2.57. The summed E-state index contributed by atoms with van der Waals surface area (Å²) in [7, 11) is 0. The van der Waals surface area contributed by atoms with Crippen molar-refractivity contribution in [2.75, 3.05) is 6.61 Å². The first-order chi connectivity index (χ1) is 8.74. The maximum absolute atomic E-state index is 12.4. The summed E-state index contributed by atoms with van der Waals surface area (Å²) in [6.07, 6.45) is 2.96. The maximum atomic E-state index is 12.4.